The standard InChI is InChI=1S/C13H19BrO3/c1-3-7-15-8-9-17-12-6-5-11(14)10-13(12)16-4-2/h5-6,10H,3-4,7-9H2,1-2H3. The first-order valence-electron chi connectivity index (χ1n) is 5.90. The van der Waals surface area contributed by atoms with E-state index in [1.54, 1.807) is 0 Å². The first-order chi connectivity index (χ1) is 8.27. The predicted octanol–water partition coefficient (Wildman–Crippen LogP) is 3.65. The van der Waals surface area contributed by atoms with Gasteiger partial charge in [0.2, 0.25) is 0 Å². The second-order valence-electron chi connectivity index (χ2n) is 3.48. The Hall–Kier alpha value is -0.740. The fraction of sp³-hybridized carbons (Fsp3) is 0.538. The molecule has 0 aliphatic rings. The molecule has 1 rings (SSSR count). The van der Waals surface area contributed by atoms with Crippen LogP contribution in [0.3, 0.4) is 0 Å². The van der Waals surface area contributed by atoms with Gasteiger partial charge in [0.05, 0.1) is 13.2 Å². The molecule has 0 aromatic heterocycles. The van der Waals surface area contributed by atoms with Gasteiger partial charge >= 0.3 is 0 Å². The molecule has 0 amide bonds. The Balaban J connectivity index is 2.45. The summed E-state index contributed by atoms with van der Waals surface area (Å²) in [5.74, 6) is 1.52. The van der Waals surface area contributed by atoms with E-state index in [1.807, 2.05) is 25.1 Å². The van der Waals surface area contributed by atoms with Crippen LogP contribution in [-0.4, -0.2) is 26.4 Å². The Morgan fingerprint density at radius 2 is 1.82 bits per heavy atom. The third kappa shape index (κ3) is 5.41. The highest BCUT2D eigenvalue weighted by Gasteiger charge is 2.05. The van der Waals surface area contributed by atoms with Gasteiger partial charge in [-0.05, 0) is 31.5 Å². The predicted molar refractivity (Wildman–Crippen MR) is 71.9 cm³/mol. The van der Waals surface area contributed by atoms with Gasteiger partial charge in [0.1, 0.15) is 6.61 Å². The van der Waals surface area contributed by atoms with Crippen LogP contribution in [-0.2, 0) is 4.74 Å². The van der Waals surface area contributed by atoms with E-state index in [9.17, 15) is 0 Å². The van der Waals surface area contributed by atoms with Crippen LogP contribution in [0.5, 0.6) is 11.5 Å². The summed E-state index contributed by atoms with van der Waals surface area (Å²) in [5.41, 5.74) is 0. The molecule has 0 saturated carbocycles. The summed E-state index contributed by atoms with van der Waals surface area (Å²) >= 11 is 3.41. The number of hydrogen-bond acceptors (Lipinski definition) is 3. The molecule has 0 bridgehead atoms. The normalized spacial score (nSPS) is 10.3. The van der Waals surface area contributed by atoms with Crippen molar-refractivity contribution in [2.45, 2.75) is 20.3 Å². The Morgan fingerprint density at radius 1 is 1.00 bits per heavy atom. The van der Waals surface area contributed by atoms with Crippen molar-refractivity contribution in [2.75, 3.05) is 26.4 Å². The van der Waals surface area contributed by atoms with Gasteiger partial charge in [-0.15, -0.1) is 0 Å². The van der Waals surface area contributed by atoms with Crippen LogP contribution in [0.2, 0.25) is 0 Å². The topological polar surface area (TPSA) is 27.7 Å². The second-order valence-corrected chi connectivity index (χ2v) is 4.40. The molecule has 0 fully saturated rings. The SMILES string of the molecule is CCCOCCOc1ccc(Br)cc1OCC. The van der Waals surface area contributed by atoms with Crippen molar-refractivity contribution in [3.05, 3.63) is 22.7 Å². The maximum Gasteiger partial charge on any atom is 0.162 e. The van der Waals surface area contributed by atoms with Crippen LogP contribution in [0.15, 0.2) is 22.7 Å². The van der Waals surface area contributed by atoms with Gasteiger partial charge in [0.15, 0.2) is 11.5 Å². The molecule has 0 atom stereocenters. The van der Waals surface area contributed by atoms with E-state index in [2.05, 4.69) is 22.9 Å². The molecule has 1 aromatic rings. The molecule has 0 aliphatic heterocycles. The van der Waals surface area contributed by atoms with E-state index in [-0.39, 0.29) is 0 Å². The van der Waals surface area contributed by atoms with Crippen molar-refractivity contribution in [1.29, 1.82) is 0 Å². The smallest absolute Gasteiger partial charge is 0.162 e. The maximum absolute atomic E-state index is 5.62. The zero-order valence-corrected chi connectivity index (χ0v) is 12.0. The molecule has 0 aliphatic carbocycles. The number of hydrogen-bond donors (Lipinski definition) is 0. The van der Waals surface area contributed by atoms with E-state index in [0.29, 0.717) is 19.8 Å². The fourth-order valence-corrected chi connectivity index (χ4v) is 1.67. The molecule has 0 radical (unpaired) electrons. The fourth-order valence-electron chi connectivity index (χ4n) is 1.33. The zero-order chi connectivity index (χ0) is 12.5. The lowest BCUT2D eigenvalue weighted by molar-refractivity contribution is 0.0992. The number of halogens is 1. The second kappa shape index (κ2) is 8.37. The van der Waals surface area contributed by atoms with E-state index in [4.69, 9.17) is 14.2 Å². The van der Waals surface area contributed by atoms with Gasteiger partial charge in [-0.25, -0.2) is 0 Å². The average Bonchev–Trinajstić information content (AvgIpc) is 2.32. The molecular formula is C13H19BrO3. The molecule has 0 saturated heterocycles. The van der Waals surface area contributed by atoms with Crippen molar-refractivity contribution in [3.8, 4) is 11.5 Å². The molecule has 1 aromatic carbocycles. The summed E-state index contributed by atoms with van der Waals surface area (Å²) < 4.78 is 17.5. The number of ether oxygens (including phenoxy) is 3. The summed E-state index contributed by atoms with van der Waals surface area (Å²) in [4.78, 5) is 0. The highest BCUT2D eigenvalue weighted by atomic mass is 79.9. The third-order valence-corrected chi connectivity index (χ3v) is 2.53. The number of benzene rings is 1. The van der Waals surface area contributed by atoms with Crippen LogP contribution < -0.4 is 9.47 Å². The van der Waals surface area contributed by atoms with E-state index in [0.717, 1.165) is 29.0 Å². The third-order valence-electron chi connectivity index (χ3n) is 2.04. The molecule has 17 heavy (non-hydrogen) atoms. The van der Waals surface area contributed by atoms with Gasteiger partial charge in [-0.3, -0.25) is 0 Å². The molecule has 3 nitrogen and oxygen atoms in total. The highest BCUT2D eigenvalue weighted by molar-refractivity contribution is 9.10. The quantitative estimate of drug-likeness (QED) is 0.686. The van der Waals surface area contributed by atoms with Crippen LogP contribution in [0.25, 0.3) is 0 Å². The molecule has 0 unspecified atom stereocenters. The minimum absolute atomic E-state index is 0.543. The summed E-state index contributed by atoms with van der Waals surface area (Å²) in [5, 5.41) is 0. The zero-order valence-electron chi connectivity index (χ0n) is 10.4. The summed E-state index contributed by atoms with van der Waals surface area (Å²) in [6.45, 7) is 6.59. The summed E-state index contributed by atoms with van der Waals surface area (Å²) in [6, 6.07) is 5.74. The maximum atomic E-state index is 5.62. The lowest BCUT2D eigenvalue weighted by Gasteiger charge is -2.12. The largest absolute Gasteiger partial charge is 0.490 e. The Morgan fingerprint density at radius 3 is 2.53 bits per heavy atom. The minimum atomic E-state index is 0.543. The summed E-state index contributed by atoms with van der Waals surface area (Å²) in [7, 11) is 0. The summed E-state index contributed by atoms with van der Waals surface area (Å²) in [6.07, 6.45) is 1.03. The molecule has 0 N–H and O–H groups in total. The Labute approximate surface area is 111 Å². The Kier molecular flexibility index (Phi) is 7.05. The van der Waals surface area contributed by atoms with Crippen molar-refractivity contribution in [2.24, 2.45) is 0 Å². The van der Waals surface area contributed by atoms with Crippen molar-refractivity contribution < 1.29 is 14.2 Å². The molecule has 0 heterocycles. The van der Waals surface area contributed by atoms with Gasteiger partial charge in [-0.2, -0.15) is 0 Å². The molecule has 4 heteroatoms. The first-order valence-corrected chi connectivity index (χ1v) is 6.70. The molecular weight excluding hydrogens is 284 g/mol. The van der Waals surface area contributed by atoms with Gasteiger partial charge in [0.25, 0.3) is 0 Å². The van der Waals surface area contributed by atoms with Gasteiger partial charge < -0.3 is 14.2 Å². The van der Waals surface area contributed by atoms with Crippen LogP contribution >= 0.6 is 15.9 Å². The molecule has 0 spiro atoms. The Bertz CT molecular complexity index is 328. The van der Waals surface area contributed by atoms with Gasteiger partial charge in [-0.1, -0.05) is 22.9 Å². The van der Waals surface area contributed by atoms with Crippen LogP contribution in [0.4, 0.5) is 0 Å². The average molecular weight is 303 g/mol. The monoisotopic (exact) mass is 302 g/mol. The van der Waals surface area contributed by atoms with Crippen molar-refractivity contribution in [3.63, 3.8) is 0 Å². The van der Waals surface area contributed by atoms with Crippen molar-refractivity contribution >= 4 is 15.9 Å². The lowest BCUT2D eigenvalue weighted by atomic mass is 10.3. The minimum Gasteiger partial charge on any atom is -0.490 e. The van der Waals surface area contributed by atoms with Gasteiger partial charge in [0, 0.05) is 11.1 Å². The number of rotatable bonds is 8. The molecule has 96 valence electrons. The first kappa shape index (κ1) is 14.3. The van der Waals surface area contributed by atoms with Crippen LogP contribution in [0, 0.1) is 0 Å². The van der Waals surface area contributed by atoms with Crippen molar-refractivity contribution in [1.82, 2.24) is 0 Å². The van der Waals surface area contributed by atoms with Crippen LogP contribution in [0.1, 0.15) is 20.3 Å². The van der Waals surface area contributed by atoms with E-state index in [1.165, 1.54) is 0 Å². The highest BCUT2D eigenvalue weighted by Crippen LogP contribution is 2.30. The lowest BCUT2D eigenvalue weighted by Crippen LogP contribution is -2.08. The van der Waals surface area contributed by atoms with E-state index < -0.39 is 0 Å². The van der Waals surface area contributed by atoms with E-state index >= 15 is 0 Å².